The third kappa shape index (κ3) is 3.89. The quantitative estimate of drug-likeness (QED) is 0.550. The highest BCUT2D eigenvalue weighted by Crippen LogP contribution is 2.52. The van der Waals surface area contributed by atoms with Gasteiger partial charge in [0.2, 0.25) is 0 Å². The Morgan fingerprint density at radius 3 is 2.03 bits per heavy atom. The van der Waals surface area contributed by atoms with Crippen molar-refractivity contribution in [2.45, 2.75) is 36.6 Å². The first-order valence-corrected chi connectivity index (χ1v) is 9.26. The normalized spacial score (nSPS) is 25.0. The molecule has 3 nitrogen and oxygen atoms in total. The molecule has 8 heteroatoms. The van der Waals surface area contributed by atoms with Crippen molar-refractivity contribution in [2.24, 2.45) is 11.8 Å². The second kappa shape index (κ2) is 8.01. The molecule has 1 aliphatic heterocycles. The number of alkyl halides is 5. The number of nitrogens with two attached hydrogens (primary N) is 1. The van der Waals surface area contributed by atoms with Crippen molar-refractivity contribution in [3.63, 3.8) is 0 Å². The summed E-state index contributed by atoms with van der Waals surface area (Å²) in [6.07, 6.45) is -5.38. The van der Waals surface area contributed by atoms with Gasteiger partial charge < -0.3 is 4.74 Å². The van der Waals surface area contributed by atoms with Crippen molar-refractivity contribution < 1.29 is 26.7 Å². The number of methoxy groups -OCH3 is 1. The van der Waals surface area contributed by atoms with E-state index in [1.54, 1.807) is 30.3 Å². The van der Waals surface area contributed by atoms with E-state index in [4.69, 9.17) is 10.6 Å². The van der Waals surface area contributed by atoms with Gasteiger partial charge in [0.25, 0.3) is 0 Å². The van der Waals surface area contributed by atoms with Gasteiger partial charge in [0.15, 0.2) is 5.72 Å². The number of nitrogens with zero attached hydrogens (tertiary/aromatic N) is 1. The SMILES string of the molecule is COC1(c2ccccc2)CCC(C(c2ccccc2)C(F)(F)C(F)(F)F)CN1N. The molecule has 2 N–H and O–H groups in total. The van der Waals surface area contributed by atoms with Gasteiger partial charge in [-0.2, -0.15) is 22.0 Å². The molecule has 3 rings (SSSR count). The van der Waals surface area contributed by atoms with E-state index >= 15 is 0 Å². The minimum absolute atomic E-state index is 0.0575. The van der Waals surface area contributed by atoms with Gasteiger partial charge in [0, 0.05) is 13.7 Å². The third-order valence-corrected chi connectivity index (χ3v) is 5.71. The Hall–Kier alpha value is -2.03. The van der Waals surface area contributed by atoms with Gasteiger partial charge in [-0.3, -0.25) is 5.84 Å². The van der Waals surface area contributed by atoms with Crippen LogP contribution in [0.3, 0.4) is 0 Å². The minimum atomic E-state index is -5.66. The number of hydrogen-bond donors (Lipinski definition) is 1. The highest BCUT2D eigenvalue weighted by molar-refractivity contribution is 5.26. The molecule has 1 aliphatic rings. The van der Waals surface area contributed by atoms with Crippen LogP contribution in [-0.4, -0.2) is 30.8 Å². The number of ether oxygens (including phenoxy) is 1. The zero-order valence-corrected chi connectivity index (χ0v) is 15.9. The highest BCUT2D eigenvalue weighted by atomic mass is 19.4. The van der Waals surface area contributed by atoms with Crippen LogP contribution in [0.4, 0.5) is 22.0 Å². The van der Waals surface area contributed by atoms with Crippen LogP contribution >= 0.6 is 0 Å². The van der Waals surface area contributed by atoms with Crippen LogP contribution in [0.25, 0.3) is 0 Å². The molecule has 0 radical (unpaired) electrons. The minimum Gasteiger partial charge on any atom is -0.358 e. The molecular weight excluding hydrogens is 391 g/mol. The first-order valence-electron chi connectivity index (χ1n) is 9.26. The molecular formula is C21H23F5N2O. The predicted octanol–water partition coefficient (Wildman–Crippen LogP) is 5.05. The van der Waals surface area contributed by atoms with E-state index in [2.05, 4.69) is 0 Å². The zero-order chi connectivity index (χ0) is 21.3. The fourth-order valence-corrected chi connectivity index (χ4v) is 4.25. The van der Waals surface area contributed by atoms with E-state index in [1.807, 2.05) is 6.07 Å². The highest BCUT2D eigenvalue weighted by Gasteiger charge is 2.65. The maximum atomic E-state index is 14.6. The Kier molecular flexibility index (Phi) is 5.98. The van der Waals surface area contributed by atoms with Crippen LogP contribution in [0, 0.1) is 5.92 Å². The molecule has 3 atom stereocenters. The summed E-state index contributed by atoms with van der Waals surface area (Å²) in [7, 11) is 1.45. The number of hydrogen-bond acceptors (Lipinski definition) is 3. The fourth-order valence-electron chi connectivity index (χ4n) is 4.25. The van der Waals surface area contributed by atoms with Crippen LogP contribution in [0.5, 0.6) is 0 Å². The molecule has 0 amide bonds. The fraction of sp³-hybridized carbons (Fsp3) is 0.429. The monoisotopic (exact) mass is 414 g/mol. The summed E-state index contributed by atoms with van der Waals surface area (Å²) in [5.74, 6) is -1.74. The summed E-state index contributed by atoms with van der Waals surface area (Å²) < 4.78 is 74.7. The van der Waals surface area contributed by atoms with Crippen molar-refractivity contribution in [1.82, 2.24) is 5.01 Å². The molecule has 29 heavy (non-hydrogen) atoms. The first kappa shape index (κ1) is 21.7. The van der Waals surface area contributed by atoms with E-state index in [0.717, 1.165) is 5.56 Å². The second-order valence-electron chi connectivity index (χ2n) is 7.31. The molecule has 158 valence electrons. The van der Waals surface area contributed by atoms with E-state index < -0.39 is 29.7 Å². The Balaban J connectivity index is 1.96. The van der Waals surface area contributed by atoms with Crippen LogP contribution in [0.2, 0.25) is 0 Å². The van der Waals surface area contributed by atoms with E-state index in [1.165, 1.54) is 36.4 Å². The van der Waals surface area contributed by atoms with Gasteiger partial charge in [-0.05, 0) is 29.9 Å². The first-order chi connectivity index (χ1) is 13.6. The van der Waals surface area contributed by atoms with Crippen LogP contribution < -0.4 is 5.84 Å². The van der Waals surface area contributed by atoms with Crippen molar-refractivity contribution in [3.8, 4) is 0 Å². The maximum absolute atomic E-state index is 14.6. The molecule has 0 aliphatic carbocycles. The smallest absolute Gasteiger partial charge is 0.358 e. The van der Waals surface area contributed by atoms with Gasteiger partial charge in [0.05, 0.1) is 5.92 Å². The lowest BCUT2D eigenvalue weighted by Gasteiger charge is -2.48. The van der Waals surface area contributed by atoms with Crippen LogP contribution in [0.1, 0.15) is 29.9 Å². The van der Waals surface area contributed by atoms with Gasteiger partial charge >= 0.3 is 12.1 Å². The molecule has 2 aromatic carbocycles. The topological polar surface area (TPSA) is 38.5 Å². The largest absolute Gasteiger partial charge is 0.453 e. The van der Waals surface area contributed by atoms with Gasteiger partial charge in [-0.25, -0.2) is 5.01 Å². The molecule has 0 spiro atoms. The summed E-state index contributed by atoms with van der Waals surface area (Å²) >= 11 is 0. The van der Waals surface area contributed by atoms with Crippen molar-refractivity contribution in [2.75, 3.05) is 13.7 Å². The molecule has 0 aromatic heterocycles. The maximum Gasteiger partial charge on any atom is 0.453 e. The molecule has 0 bridgehead atoms. The number of hydrazine groups is 1. The summed E-state index contributed by atoms with van der Waals surface area (Å²) in [4.78, 5) is 0. The average Bonchev–Trinajstić information content (AvgIpc) is 2.69. The van der Waals surface area contributed by atoms with Crippen LogP contribution in [0.15, 0.2) is 60.7 Å². The molecule has 1 fully saturated rings. The van der Waals surface area contributed by atoms with Crippen LogP contribution in [-0.2, 0) is 10.5 Å². The summed E-state index contributed by atoms with van der Waals surface area (Å²) in [6, 6.07) is 16.1. The van der Waals surface area contributed by atoms with E-state index in [9.17, 15) is 22.0 Å². The Labute approximate surface area is 166 Å². The summed E-state index contributed by atoms with van der Waals surface area (Å²) in [5, 5.41) is 1.25. The number of rotatable bonds is 5. The molecule has 1 saturated heterocycles. The second-order valence-corrected chi connectivity index (χ2v) is 7.31. The van der Waals surface area contributed by atoms with Gasteiger partial charge in [-0.1, -0.05) is 60.7 Å². The number of benzene rings is 2. The summed E-state index contributed by atoms with van der Waals surface area (Å²) in [6.45, 7) is -0.173. The van der Waals surface area contributed by atoms with Crippen molar-refractivity contribution in [1.29, 1.82) is 0 Å². The molecule has 1 heterocycles. The lowest BCUT2D eigenvalue weighted by atomic mass is 9.74. The van der Waals surface area contributed by atoms with Crippen molar-refractivity contribution >= 4 is 0 Å². The van der Waals surface area contributed by atoms with Crippen molar-refractivity contribution in [3.05, 3.63) is 71.8 Å². The zero-order valence-electron chi connectivity index (χ0n) is 15.9. The van der Waals surface area contributed by atoms with Gasteiger partial charge in [0.1, 0.15) is 0 Å². The lowest BCUT2D eigenvalue weighted by molar-refractivity contribution is -0.299. The average molecular weight is 414 g/mol. The molecule has 0 saturated carbocycles. The molecule has 2 aromatic rings. The summed E-state index contributed by atoms with van der Waals surface area (Å²) in [5.41, 5.74) is -0.410. The Morgan fingerprint density at radius 2 is 1.55 bits per heavy atom. The molecule has 3 unspecified atom stereocenters. The third-order valence-electron chi connectivity index (χ3n) is 5.71. The van der Waals surface area contributed by atoms with E-state index in [0.29, 0.717) is 0 Å². The van der Waals surface area contributed by atoms with E-state index in [-0.39, 0.29) is 24.9 Å². The number of piperidine rings is 1. The standard InChI is InChI=1S/C21H23F5N2O/c1-29-19(17-10-6-3-7-11-17)13-12-16(14-28(19)27)18(15-8-4-2-5-9-15)20(22,23)21(24,25)26/h2-11,16,18H,12-14,27H2,1H3. The predicted molar refractivity (Wildman–Crippen MR) is 98.9 cm³/mol. The lowest BCUT2D eigenvalue weighted by Crippen LogP contribution is -2.59. The van der Waals surface area contributed by atoms with Gasteiger partial charge in [-0.15, -0.1) is 0 Å². The number of halogens is 5. The Morgan fingerprint density at radius 1 is 1.00 bits per heavy atom. The Bertz CT molecular complexity index is 800.